The lowest BCUT2D eigenvalue weighted by Crippen LogP contribution is -2.19. The standard InChI is InChI=1S/C15H15ClFNO/c1-18-15(10-5-3-6-11(16)9-10)12-7-4-8-13(19-2)14(12)17/h3-9,15,18H,1-2H3. The fourth-order valence-corrected chi connectivity index (χ4v) is 2.29. The highest BCUT2D eigenvalue weighted by Crippen LogP contribution is 2.30. The van der Waals surface area contributed by atoms with E-state index in [0.717, 1.165) is 5.56 Å². The van der Waals surface area contributed by atoms with E-state index in [0.29, 0.717) is 10.6 Å². The first-order valence-corrected chi connectivity index (χ1v) is 6.30. The Kier molecular flexibility index (Phi) is 4.40. The lowest BCUT2D eigenvalue weighted by atomic mass is 9.98. The van der Waals surface area contributed by atoms with Crippen LogP contribution in [0.15, 0.2) is 42.5 Å². The number of benzene rings is 2. The topological polar surface area (TPSA) is 21.3 Å². The highest BCUT2D eigenvalue weighted by molar-refractivity contribution is 6.30. The Bertz CT molecular complexity index is 574. The van der Waals surface area contributed by atoms with E-state index in [1.807, 2.05) is 18.2 Å². The second-order valence-electron chi connectivity index (χ2n) is 4.14. The molecule has 0 spiro atoms. The minimum absolute atomic E-state index is 0.236. The average molecular weight is 280 g/mol. The summed E-state index contributed by atoms with van der Waals surface area (Å²) in [5.74, 6) is -0.121. The quantitative estimate of drug-likeness (QED) is 0.919. The van der Waals surface area contributed by atoms with Crippen molar-refractivity contribution in [1.29, 1.82) is 0 Å². The predicted octanol–water partition coefficient (Wildman–Crippen LogP) is 3.80. The molecular formula is C15H15ClFNO. The molecule has 1 unspecified atom stereocenters. The summed E-state index contributed by atoms with van der Waals surface area (Å²) in [6.45, 7) is 0. The second kappa shape index (κ2) is 6.04. The summed E-state index contributed by atoms with van der Waals surface area (Å²) in [7, 11) is 3.24. The van der Waals surface area contributed by atoms with E-state index < -0.39 is 0 Å². The minimum Gasteiger partial charge on any atom is -0.494 e. The summed E-state index contributed by atoms with van der Waals surface area (Å²) in [6, 6.07) is 12.2. The minimum atomic E-state index is -0.357. The molecule has 2 aromatic carbocycles. The van der Waals surface area contributed by atoms with Gasteiger partial charge >= 0.3 is 0 Å². The zero-order chi connectivity index (χ0) is 13.8. The third-order valence-corrected chi connectivity index (χ3v) is 3.23. The molecule has 0 bridgehead atoms. The summed E-state index contributed by atoms with van der Waals surface area (Å²) in [4.78, 5) is 0. The molecule has 1 atom stereocenters. The van der Waals surface area contributed by atoms with Crippen LogP contribution in [0.5, 0.6) is 5.75 Å². The summed E-state index contributed by atoms with van der Waals surface area (Å²) in [5, 5.41) is 3.73. The Balaban J connectivity index is 2.48. The van der Waals surface area contributed by atoms with Crippen molar-refractivity contribution in [3.05, 3.63) is 64.4 Å². The molecule has 4 heteroatoms. The Morgan fingerprint density at radius 1 is 1.21 bits per heavy atom. The monoisotopic (exact) mass is 279 g/mol. The molecule has 0 saturated carbocycles. The van der Waals surface area contributed by atoms with Crippen LogP contribution in [0.2, 0.25) is 5.02 Å². The van der Waals surface area contributed by atoms with Gasteiger partial charge in [-0.3, -0.25) is 0 Å². The summed E-state index contributed by atoms with van der Waals surface area (Å²) in [6.07, 6.45) is 0. The van der Waals surface area contributed by atoms with Crippen LogP contribution in [0.25, 0.3) is 0 Å². The van der Waals surface area contributed by atoms with E-state index in [2.05, 4.69) is 5.32 Å². The van der Waals surface area contributed by atoms with Gasteiger partial charge in [0.05, 0.1) is 13.2 Å². The van der Waals surface area contributed by atoms with Crippen molar-refractivity contribution in [2.45, 2.75) is 6.04 Å². The number of rotatable bonds is 4. The van der Waals surface area contributed by atoms with Crippen LogP contribution in [0, 0.1) is 5.82 Å². The van der Waals surface area contributed by atoms with Gasteiger partial charge in [0.2, 0.25) is 0 Å². The molecular weight excluding hydrogens is 265 g/mol. The van der Waals surface area contributed by atoms with Gasteiger partial charge in [-0.15, -0.1) is 0 Å². The fraction of sp³-hybridized carbons (Fsp3) is 0.200. The third kappa shape index (κ3) is 2.88. The van der Waals surface area contributed by atoms with Gasteiger partial charge < -0.3 is 10.1 Å². The van der Waals surface area contributed by atoms with Crippen LogP contribution in [-0.4, -0.2) is 14.2 Å². The smallest absolute Gasteiger partial charge is 0.170 e. The maximum atomic E-state index is 14.3. The van der Waals surface area contributed by atoms with Crippen molar-refractivity contribution >= 4 is 11.6 Å². The molecule has 2 nitrogen and oxygen atoms in total. The highest BCUT2D eigenvalue weighted by Gasteiger charge is 2.18. The Morgan fingerprint density at radius 2 is 1.95 bits per heavy atom. The third-order valence-electron chi connectivity index (χ3n) is 2.99. The van der Waals surface area contributed by atoms with E-state index in [9.17, 15) is 4.39 Å². The number of ether oxygens (including phenoxy) is 1. The van der Waals surface area contributed by atoms with Gasteiger partial charge in [-0.25, -0.2) is 4.39 Å². The van der Waals surface area contributed by atoms with Crippen molar-refractivity contribution in [2.24, 2.45) is 0 Å². The first-order valence-electron chi connectivity index (χ1n) is 5.92. The van der Waals surface area contributed by atoms with Gasteiger partial charge in [0.25, 0.3) is 0 Å². The van der Waals surface area contributed by atoms with Crippen LogP contribution >= 0.6 is 11.6 Å². The summed E-state index contributed by atoms with van der Waals surface area (Å²) < 4.78 is 19.3. The number of hydrogen-bond acceptors (Lipinski definition) is 2. The van der Waals surface area contributed by atoms with Crippen molar-refractivity contribution < 1.29 is 9.13 Å². The number of halogens is 2. The largest absolute Gasteiger partial charge is 0.494 e. The van der Waals surface area contributed by atoms with Crippen LogP contribution < -0.4 is 10.1 Å². The van der Waals surface area contributed by atoms with Crippen molar-refractivity contribution in [3.8, 4) is 5.75 Å². The normalized spacial score (nSPS) is 12.2. The molecule has 0 aliphatic rings. The SMILES string of the molecule is CNC(c1cccc(Cl)c1)c1cccc(OC)c1F. The number of methoxy groups -OCH3 is 1. The zero-order valence-electron chi connectivity index (χ0n) is 10.8. The van der Waals surface area contributed by atoms with Gasteiger partial charge in [-0.1, -0.05) is 35.9 Å². The molecule has 1 N–H and O–H groups in total. The summed E-state index contributed by atoms with van der Waals surface area (Å²) in [5.41, 5.74) is 1.44. The van der Waals surface area contributed by atoms with Crippen molar-refractivity contribution in [3.63, 3.8) is 0 Å². The Morgan fingerprint density at radius 3 is 2.58 bits per heavy atom. The van der Waals surface area contributed by atoms with Gasteiger partial charge in [0.15, 0.2) is 11.6 Å². The molecule has 0 aliphatic carbocycles. The second-order valence-corrected chi connectivity index (χ2v) is 4.58. The highest BCUT2D eigenvalue weighted by atomic mass is 35.5. The number of hydrogen-bond donors (Lipinski definition) is 1. The maximum Gasteiger partial charge on any atom is 0.170 e. The van der Waals surface area contributed by atoms with Crippen molar-refractivity contribution in [1.82, 2.24) is 5.32 Å². The van der Waals surface area contributed by atoms with E-state index >= 15 is 0 Å². The first kappa shape index (κ1) is 13.8. The molecule has 2 aromatic rings. The molecule has 0 aliphatic heterocycles. The van der Waals surface area contributed by atoms with Gasteiger partial charge in [-0.2, -0.15) is 0 Å². The molecule has 19 heavy (non-hydrogen) atoms. The maximum absolute atomic E-state index is 14.3. The summed E-state index contributed by atoms with van der Waals surface area (Å²) >= 11 is 5.99. The molecule has 0 fully saturated rings. The van der Waals surface area contributed by atoms with Gasteiger partial charge in [0, 0.05) is 10.6 Å². The molecule has 0 heterocycles. The molecule has 0 saturated heterocycles. The van der Waals surface area contributed by atoms with E-state index in [1.165, 1.54) is 7.11 Å². The Hall–Kier alpha value is -1.58. The van der Waals surface area contributed by atoms with Crippen molar-refractivity contribution in [2.75, 3.05) is 14.2 Å². The molecule has 2 rings (SSSR count). The Labute approximate surface area is 117 Å². The molecule has 0 aromatic heterocycles. The van der Waals surface area contributed by atoms with Gasteiger partial charge in [-0.05, 0) is 30.8 Å². The fourth-order valence-electron chi connectivity index (χ4n) is 2.10. The first-order chi connectivity index (χ1) is 9.17. The number of nitrogens with one attached hydrogen (secondary N) is 1. The average Bonchev–Trinajstić information content (AvgIpc) is 2.41. The van der Waals surface area contributed by atoms with E-state index in [1.54, 1.807) is 31.3 Å². The van der Waals surface area contributed by atoms with Crippen LogP contribution in [0.1, 0.15) is 17.2 Å². The molecule has 0 amide bonds. The van der Waals surface area contributed by atoms with Gasteiger partial charge in [0.1, 0.15) is 0 Å². The molecule has 100 valence electrons. The van der Waals surface area contributed by atoms with E-state index in [-0.39, 0.29) is 17.6 Å². The molecule has 0 radical (unpaired) electrons. The lowest BCUT2D eigenvalue weighted by Gasteiger charge is -2.19. The van der Waals surface area contributed by atoms with Crippen LogP contribution in [-0.2, 0) is 0 Å². The van der Waals surface area contributed by atoms with Crippen LogP contribution in [0.4, 0.5) is 4.39 Å². The predicted molar refractivity (Wildman–Crippen MR) is 75.3 cm³/mol. The lowest BCUT2D eigenvalue weighted by molar-refractivity contribution is 0.382. The van der Waals surface area contributed by atoms with Crippen LogP contribution in [0.3, 0.4) is 0 Å². The zero-order valence-corrected chi connectivity index (χ0v) is 11.5. The van der Waals surface area contributed by atoms with E-state index in [4.69, 9.17) is 16.3 Å².